The Kier molecular flexibility index (Phi) is 6.84. The Hall–Kier alpha value is -2.84. The van der Waals surface area contributed by atoms with E-state index in [0.717, 1.165) is 43.8 Å². The number of nitrogens with zero attached hydrogens (tertiary/aromatic N) is 2. The van der Waals surface area contributed by atoms with Gasteiger partial charge >= 0.3 is 0 Å². The third-order valence-electron chi connectivity index (χ3n) is 4.93. The number of piperidine rings is 1. The van der Waals surface area contributed by atoms with E-state index in [0.29, 0.717) is 18.7 Å². The number of nitrogens with one attached hydrogen (secondary N) is 1. The van der Waals surface area contributed by atoms with Crippen LogP contribution in [0.5, 0.6) is 5.75 Å². The van der Waals surface area contributed by atoms with Crippen molar-refractivity contribution < 1.29 is 9.53 Å². The summed E-state index contributed by atoms with van der Waals surface area (Å²) in [5.74, 6) is 1.04. The summed E-state index contributed by atoms with van der Waals surface area (Å²) in [4.78, 5) is 14.7. The van der Waals surface area contributed by atoms with Crippen molar-refractivity contribution in [2.24, 2.45) is 5.92 Å². The lowest BCUT2D eigenvalue weighted by Crippen LogP contribution is -2.41. The summed E-state index contributed by atoms with van der Waals surface area (Å²) in [6.45, 7) is 3.88. The minimum absolute atomic E-state index is 0.101. The van der Waals surface area contributed by atoms with Crippen LogP contribution >= 0.6 is 0 Å². The van der Waals surface area contributed by atoms with Crippen molar-refractivity contribution in [1.82, 2.24) is 10.2 Å². The van der Waals surface area contributed by atoms with E-state index in [1.807, 2.05) is 42.5 Å². The van der Waals surface area contributed by atoms with Gasteiger partial charge in [-0.3, -0.25) is 9.69 Å². The fraction of sp³-hybridized carbons (Fsp3) is 0.364. The molecule has 1 saturated heterocycles. The van der Waals surface area contributed by atoms with Gasteiger partial charge in [0.25, 0.3) is 0 Å². The highest BCUT2D eigenvalue weighted by Crippen LogP contribution is 2.18. The Labute approximate surface area is 160 Å². The Morgan fingerprint density at radius 2 is 1.81 bits per heavy atom. The number of hydrogen-bond donors (Lipinski definition) is 1. The molecule has 2 aromatic rings. The molecule has 0 saturated carbocycles. The van der Waals surface area contributed by atoms with Crippen LogP contribution in [0.3, 0.4) is 0 Å². The second kappa shape index (κ2) is 9.75. The molecule has 0 spiro atoms. The number of amides is 1. The van der Waals surface area contributed by atoms with Gasteiger partial charge in [0.2, 0.25) is 5.91 Å². The van der Waals surface area contributed by atoms with Gasteiger partial charge < -0.3 is 10.1 Å². The van der Waals surface area contributed by atoms with Crippen LogP contribution in [0.15, 0.2) is 54.6 Å². The van der Waals surface area contributed by atoms with E-state index in [1.165, 1.54) is 0 Å². The van der Waals surface area contributed by atoms with Crippen molar-refractivity contribution in [2.75, 3.05) is 26.2 Å². The van der Waals surface area contributed by atoms with Crippen LogP contribution in [0.4, 0.5) is 0 Å². The molecule has 5 nitrogen and oxygen atoms in total. The highest BCUT2D eigenvalue weighted by molar-refractivity contribution is 5.78. The third-order valence-corrected chi connectivity index (χ3v) is 4.93. The molecule has 1 aliphatic rings. The molecule has 1 heterocycles. The van der Waals surface area contributed by atoms with E-state index in [2.05, 4.69) is 16.3 Å². The van der Waals surface area contributed by atoms with Crippen LogP contribution in [-0.2, 0) is 11.3 Å². The molecule has 1 amide bonds. The monoisotopic (exact) mass is 363 g/mol. The normalized spacial score (nSPS) is 15.1. The summed E-state index contributed by atoms with van der Waals surface area (Å²) < 4.78 is 5.74. The van der Waals surface area contributed by atoms with Gasteiger partial charge in [0.05, 0.1) is 11.6 Å². The number of benzene rings is 2. The number of hydrogen-bond acceptors (Lipinski definition) is 4. The summed E-state index contributed by atoms with van der Waals surface area (Å²) in [7, 11) is 0. The van der Waals surface area contributed by atoms with Crippen LogP contribution in [0, 0.1) is 17.2 Å². The zero-order valence-electron chi connectivity index (χ0n) is 15.4. The van der Waals surface area contributed by atoms with Crippen molar-refractivity contribution in [3.63, 3.8) is 0 Å². The largest absolute Gasteiger partial charge is 0.492 e. The van der Waals surface area contributed by atoms with E-state index < -0.39 is 0 Å². The van der Waals surface area contributed by atoms with Gasteiger partial charge in [0.15, 0.2) is 0 Å². The average molecular weight is 363 g/mol. The van der Waals surface area contributed by atoms with Gasteiger partial charge in [-0.2, -0.15) is 5.26 Å². The van der Waals surface area contributed by atoms with E-state index in [9.17, 15) is 4.79 Å². The van der Waals surface area contributed by atoms with Crippen LogP contribution < -0.4 is 10.1 Å². The molecule has 0 aromatic heterocycles. The molecule has 140 valence electrons. The topological polar surface area (TPSA) is 65.4 Å². The van der Waals surface area contributed by atoms with Gasteiger partial charge in [-0.05, 0) is 55.8 Å². The van der Waals surface area contributed by atoms with Crippen molar-refractivity contribution in [1.29, 1.82) is 5.26 Å². The zero-order valence-corrected chi connectivity index (χ0v) is 15.4. The average Bonchev–Trinajstić information content (AvgIpc) is 2.74. The second-order valence-electron chi connectivity index (χ2n) is 6.80. The first kappa shape index (κ1) is 18.9. The minimum Gasteiger partial charge on any atom is -0.492 e. The fourth-order valence-electron chi connectivity index (χ4n) is 3.27. The molecule has 5 heteroatoms. The molecular formula is C22H25N3O2. The number of carbonyl (C=O) groups excluding carboxylic acids is 1. The maximum atomic E-state index is 12.4. The maximum Gasteiger partial charge on any atom is 0.223 e. The lowest BCUT2D eigenvalue weighted by Gasteiger charge is -2.31. The number of ether oxygens (including phenoxy) is 1. The van der Waals surface area contributed by atoms with Crippen LogP contribution in [0.2, 0.25) is 0 Å². The number of nitriles is 1. The predicted molar refractivity (Wildman–Crippen MR) is 104 cm³/mol. The lowest BCUT2D eigenvalue weighted by molar-refractivity contribution is -0.126. The molecule has 0 radical (unpaired) electrons. The summed E-state index contributed by atoms with van der Waals surface area (Å²) in [6.07, 6.45) is 1.77. The van der Waals surface area contributed by atoms with Gasteiger partial charge in [0.1, 0.15) is 12.4 Å². The van der Waals surface area contributed by atoms with E-state index in [1.54, 1.807) is 12.1 Å². The summed E-state index contributed by atoms with van der Waals surface area (Å²) in [5.41, 5.74) is 1.76. The standard InChI is InChI=1S/C22H25N3O2/c23-16-18-6-8-21(9-7-18)27-15-14-25-12-10-20(11-13-25)22(26)24-17-19-4-2-1-3-5-19/h1-9,20H,10-15,17H2,(H,24,26). The van der Waals surface area contributed by atoms with Crippen molar-refractivity contribution in [3.05, 3.63) is 65.7 Å². The van der Waals surface area contributed by atoms with Crippen LogP contribution in [-0.4, -0.2) is 37.0 Å². The molecule has 1 fully saturated rings. The molecule has 0 atom stereocenters. The Morgan fingerprint density at radius 1 is 1.11 bits per heavy atom. The van der Waals surface area contributed by atoms with Gasteiger partial charge in [-0.15, -0.1) is 0 Å². The number of rotatable bonds is 7. The molecule has 1 N–H and O–H groups in total. The van der Waals surface area contributed by atoms with E-state index >= 15 is 0 Å². The van der Waals surface area contributed by atoms with Crippen LogP contribution in [0.25, 0.3) is 0 Å². The first-order chi connectivity index (χ1) is 13.2. The SMILES string of the molecule is N#Cc1ccc(OCCN2CCC(C(=O)NCc3ccccc3)CC2)cc1. The third kappa shape index (κ3) is 5.83. The molecule has 0 bridgehead atoms. The Bertz CT molecular complexity index is 760. The lowest BCUT2D eigenvalue weighted by atomic mass is 9.96. The molecule has 27 heavy (non-hydrogen) atoms. The highest BCUT2D eigenvalue weighted by Gasteiger charge is 2.24. The molecule has 1 aliphatic heterocycles. The van der Waals surface area contributed by atoms with Crippen LogP contribution in [0.1, 0.15) is 24.0 Å². The first-order valence-corrected chi connectivity index (χ1v) is 9.41. The van der Waals surface area contributed by atoms with E-state index in [4.69, 9.17) is 10.00 Å². The highest BCUT2D eigenvalue weighted by atomic mass is 16.5. The second-order valence-corrected chi connectivity index (χ2v) is 6.80. The maximum absolute atomic E-state index is 12.4. The molecule has 3 rings (SSSR count). The summed E-state index contributed by atoms with van der Waals surface area (Å²) >= 11 is 0. The molecule has 0 aliphatic carbocycles. The molecule has 0 unspecified atom stereocenters. The quantitative estimate of drug-likeness (QED) is 0.821. The molecule has 2 aromatic carbocycles. The van der Waals surface area contributed by atoms with Gasteiger partial charge in [0, 0.05) is 19.0 Å². The zero-order chi connectivity index (χ0) is 18.9. The van der Waals surface area contributed by atoms with Crippen molar-refractivity contribution in [2.45, 2.75) is 19.4 Å². The first-order valence-electron chi connectivity index (χ1n) is 9.41. The fourth-order valence-corrected chi connectivity index (χ4v) is 3.27. The van der Waals surface area contributed by atoms with Crippen molar-refractivity contribution in [3.8, 4) is 11.8 Å². The van der Waals surface area contributed by atoms with Gasteiger partial charge in [-0.25, -0.2) is 0 Å². The Balaban J connectivity index is 1.33. The minimum atomic E-state index is 0.101. The molecular weight excluding hydrogens is 338 g/mol. The smallest absolute Gasteiger partial charge is 0.223 e. The number of carbonyl (C=O) groups is 1. The predicted octanol–water partition coefficient (Wildman–Crippen LogP) is 2.97. The van der Waals surface area contributed by atoms with Gasteiger partial charge in [-0.1, -0.05) is 30.3 Å². The summed E-state index contributed by atoms with van der Waals surface area (Å²) in [5, 5.41) is 11.9. The Morgan fingerprint density at radius 3 is 2.48 bits per heavy atom. The van der Waals surface area contributed by atoms with E-state index in [-0.39, 0.29) is 11.8 Å². The summed E-state index contributed by atoms with van der Waals surface area (Å²) in [6, 6.07) is 19.3. The van der Waals surface area contributed by atoms with Crippen molar-refractivity contribution >= 4 is 5.91 Å². The number of likely N-dealkylation sites (tertiary alicyclic amines) is 1.